The molecule has 0 bridgehead atoms. The van der Waals surface area contributed by atoms with Gasteiger partial charge in [0, 0.05) is 24.3 Å². The Labute approximate surface area is 199 Å². The van der Waals surface area contributed by atoms with Crippen LogP contribution in [-0.2, 0) is 11.3 Å². The van der Waals surface area contributed by atoms with E-state index in [2.05, 4.69) is 11.4 Å². The summed E-state index contributed by atoms with van der Waals surface area (Å²) in [6, 6.07) is 24.7. The number of nitriles is 1. The van der Waals surface area contributed by atoms with Crippen molar-refractivity contribution in [3.63, 3.8) is 0 Å². The van der Waals surface area contributed by atoms with Gasteiger partial charge in [0.05, 0.1) is 11.6 Å². The number of likely N-dealkylation sites (tertiary alicyclic amines) is 1. The molecule has 3 aromatic rings. The number of piperidine rings is 1. The predicted molar refractivity (Wildman–Crippen MR) is 130 cm³/mol. The lowest BCUT2D eigenvalue weighted by Crippen LogP contribution is -2.38. The molecule has 34 heavy (non-hydrogen) atoms. The van der Waals surface area contributed by atoms with Crippen LogP contribution in [0.2, 0.25) is 0 Å². The van der Waals surface area contributed by atoms with E-state index < -0.39 is 6.09 Å². The van der Waals surface area contributed by atoms with Crippen LogP contribution in [-0.4, -0.2) is 30.0 Å². The van der Waals surface area contributed by atoms with Crippen molar-refractivity contribution in [2.45, 2.75) is 32.3 Å². The zero-order chi connectivity index (χ0) is 23.9. The van der Waals surface area contributed by atoms with Crippen molar-refractivity contribution in [1.82, 2.24) is 4.90 Å². The fourth-order valence-electron chi connectivity index (χ4n) is 4.19. The number of rotatable bonds is 5. The maximum absolute atomic E-state index is 13.1. The molecule has 6 heteroatoms. The largest absolute Gasteiger partial charge is 0.444 e. The molecule has 0 aliphatic carbocycles. The van der Waals surface area contributed by atoms with E-state index in [0.717, 1.165) is 24.0 Å². The maximum Gasteiger partial charge on any atom is 0.411 e. The van der Waals surface area contributed by atoms with Crippen LogP contribution in [0.3, 0.4) is 0 Å². The molecule has 1 aliphatic rings. The summed E-state index contributed by atoms with van der Waals surface area (Å²) < 4.78 is 5.31. The fourth-order valence-corrected chi connectivity index (χ4v) is 4.19. The van der Waals surface area contributed by atoms with E-state index in [1.165, 1.54) is 5.56 Å². The molecule has 0 aromatic heterocycles. The first-order chi connectivity index (χ1) is 16.5. The number of benzene rings is 3. The number of aryl methyl sites for hydroxylation is 1. The second-order valence-corrected chi connectivity index (χ2v) is 8.52. The summed E-state index contributed by atoms with van der Waals surface area (Å²) in [6.45, 7) is 3.39. The van der Waals surface area contributed by atoms with Gasteiger partial charge in [0.1, 0.15) is 6.61 Å². The summed E-state index contributed by atoms with van der Waals surface area (Å²) in [4.78, 5) is 27.3. The van der Waals surface area contributed by atoms with E-state index in [-0.39, 0.29) is 12.5 Å². The van der Waals surface area contributed by atoms with Gasteiger partial charge in [0.15, 0.2) is 0 Å². The smallest absolute Gasteiger partial charge is 0.411 e. The van der Waals surface area contributed by atoms with Gasteiger partial charge >= 0.3 is 6.09 Å². The van der Waals surface area contributed by atoms with Gasteiger partial charge in [-0.1, -0.05) is 48.5 Å². The number of nitrogens with zero attached hydrogens (tertiary/aromatic N) is 2. The zero-order valence-corrected chi connectivity index (χ0v) is 19.2. The molecule has 0 unspecified atom stereocenters. The van der Waals surface area contributed by atoms with Crippen molar-refractivity contribution in [1.29, 1.82) is 5.26 Å². The minimum Gasteiger partial charge on any atom is -0.444 e. The molecular formula is C28H27N3O3. The summed E-state index contributed by atoms with van der Waals surface area (Å²) in [6.07, 6.45) is 1.20. The van der Waals surface area contributed by atoms with Gasteiger partial charge in [-0.05, 0) is 66.6 Å². The van der Waals surface area contributed by atoms with Crippen LogP contribution in [0.5, 0.6) is 0 Å². The number of ether oxygens (including phenoxy) is 1. The third-order valence-corrected chi connectivity index (χ3v) is 6.23. The van der Waals surface area contributed by atoms with Gasteiger partial charge in [-0.2, -0.15) is 5.26 Å². The topological polar surface area (TPSA) is 82.4 Å². The highest BCUT2D eigenvalue weighted by Gasteiger charge is 2.25. The monoisotopic (exact) mass is 453 g/mol. The van der Waals surface area contributed by atoms with Crippen molar-refractivity contribution in [3.8, 4) is 6.07 Å². The molecule has 6 nitrogen and oxygen atoms in total. The molecule has 1 N–H and O–H groups in total. The molecule has 1 fully saturated rings. The molecule has 1 heterocycles. The number of hydrogen-bond donors (Lipinski definition) is 1. The molecule has 1 saturated heterocycles. The Morgan fingerprint density at radius 2 is 1.74 bits per heavy atom. The van der Waals surface area contributed by atoms with Gasteiger partial charge in [-0.15, -0.1) is 0 Å². The minimum absolute atomic E-state index is 0.0426. The number of hydrogen-bond acceptors (Lipinski definition) is 4. The van der Waals surface area contributed by atoms with Crippen molar-refractivity contribution < 1.29 is 14.3 Å². The Morgan fingerprint density at radius 1 is 1.03 bits per heavy atom. The predicted octanol–water partition coefficient (Wildman–Crippen LogP) is 5.64. The molecule has 4 rings (SSSR count). The van der Waals surface area contributed by atoms with Crippen LogP contribution < -0.4 is 5.32 Å². The standard InChI is InChI=1S/C28H27N3O3/c1-20-7-10-25(17-26(20)30-28(33)34-19-22-5-3-2-4-6-22)27(32)31-15-13-24(14-16-31)23-11-8-21(18-29)9-12-23/h2-12,17,24H,13-16,19H2,1H3,(H,30,33). The minimum atomic E-state index is -0.556. The highest BCUT2D eigenvalue weighted by atomic mass is 16.5. The lowest BCUT2D eigenvalue weighted by molar-refractivity contribution is 0.0713. The van der Waals surface area contributed by atoms with Crippen LogP contribution in [0.25, 0.3) is 0 Å². The summed E-state index contributed by atoms with van der Waals surface area (Å²) in [7, 11) is 0. The lowest BCUT2D eigenvalue weighted by Gasteiger charge is -2.32. The zero-order valence-electron chi connectivity index (χ0n) is 19.2. The molecule has 0 atom stereocenters. The van der Waals surface area contributed by atoms with E-state index in [1.54, 1.807) is 12.1 Å². The van der Waals surface area contributed by atoms with Crippen molar-refractivity contribution in [2.75, 3.05) is 18.4 Å². The molecule has 0 spiro atoms. The third kappa shape index (κ3) is 5.62. The fraction of sp³-hybridized carbons (Fsp3) is 0.250. The molecule has 172 valence electrons. The molecule has 0 saturated carbocycles. The van der Waals surface area contributed by atoms with Gasteiger partial charge in [-0.25, -0.2) is 4.79 Å². The van der Waals surface area contributed by atoms with Gasteiger partial charge in [-0.3, -0.25) is 10.1 Å². The van der Waals surface area contributed by atoms with Crippen LogP contribution in [0, 0.1) is 18.3 Å². The summed E-state index contributed by atoms with van der Waals surface area (Å²) in [5.74, 6) is 0.338. The highest BCUT2D eigenvalue weighted by Crippen LogP contribution is 2.29. The number of carbonyl (C=O) groups excluding carboxylic acids is 2. The Morgan fingerprint density at radius 3 is 2.41 bits per heavy atom. The molecule has 1 aliphatic heterocycles. The summed E-state index contributed by atoms with van der Waals surface area (Å²) in [5, 5.41) is 11.7. The Kier molecular flexibility index (Phi) is 7.24. The molecule has 0 radical (unpaired) electrons. The molecular weight excluding hydrogens is 426 g/mol. The van der Waals surface area contributed by atoms with Crippen molar-refractivity contribution in [2.24, 2.45) is 0 Å². The Bertz CT molecular complexity index is 1190. The molecule has 2 amide bonds. The van der Waals surface area contributed by atoms with Gasteiger partial charge < -0.3 is 9.64 Å². The van der Waals surface area contributed by atoms with Crippen LogP contribution >= 0.6 is 0 Å². The second kappa shape index (κ2) is 10.7. The van der Waals surface area contributed by atoms with E-state index in [4.69, 9.17) is 10.00 Å². The van der Waals surface area contributed by atoms with Gasteiger partial charge in [0.2, 0.25) is 0 Å². The average molecular weight is 454 g/mol. The van der Waals surface area contributed by atoms with Crippen LogP contribution in [0.1, 0.15) is 51.4 Å². The number of nitrogens with one attached hydrogen (secondary N) is 1. The first-order valence-electron chi connectivity index (χ1n) is 11.4. The van der Waals surface area contributed by atoms with E-state index >= 15 is 0 Å². The van der Waals surface area contributed by atoms with Crippen LogP contribution in [0.4, 0.5) is 10.5 Å². The van der Waals surface area contributed by atoms with E-state index in [9.17, 15) is 9.59 Å². The van der Waals surface area contributed by atoms with Crippen LogP contribution in [0.15, 0.2) is 72.8 Å². The average Bonchev–Trinajstić information content (AvgIpc) is 2.89. The second-order valence-electron chi connectivity index (χ2n) is 8.52. The highest BCUT2D eigenvalue weighted by molar-refractivity contribution is 5.96. The maximum atomic E-state index is 13.1. The third-order valence-electron chi connectivity index (χ3n) is 6.23. The first-order valence-corrected chi connectivity index (χ1v) is 11.4. The number of amides is 2. The number of carbonyl (C=O) groups is 2. The van der Waals surface area contributed by atoms with Crippen molar-refractivity contribution >= 4 is 17.7 Å². The first kappa shape index (κ1) is 23.1. The van der Waals surface area contributed by atoms with Crippen molar-refractivity contribution in [3.05, 3.63) is 101 Å². The SMILES string of the molecule is Cc1ccc(C(=O)N2CCC(c3ccc(C#N)cc3)CC2)cc1NC(=O)OCc1ccccc1. The normalized spacial score (nSPS) is 13.7. The number of anilines is 1. The van der Waals surface area contributed by atoms with Gasteiger partial charge in [0.25, 0.3) is 5.91 Å². The van der Waals surface area contributed by atoms with E-state index in [0.29, 0.717) is 35.8 Å². The Balaban J connectivity index is 1.35. The molecule has 3 aromatic carbocycles. The lowest BCUT2D eigenvalue weighted by atomic mass is 9.89. The Hall–Kier alpha value is -4.11. The van der Waals surface area contributed by atoms with E-state index in [1.807, 2.05) is 72.5 Å². The summed E-state index contributed by atoms with van der Waals surface area (Å²) >= 11 is 0. The quantitative estimate of drug-likeness (QED) is 0.542. The summed E-state index contributed by atoms with van der Waals surface area (Å²) in [5.41, 5.74) is 4.73.